The maximum atomic E-state index is 12.5. The predicted octanol–water partition coefficient (Wildman–Crippen LogP) is 3.19. The molecule has 0 saturated heterocycles. The molecule has 0 aliphatic carbocycles. The van der Waals surface area contributed by atoms with E-state index in [1.807, 2.05) is 17.5 Å². The van der Waals surface area contributed by atoms with Gasteiger partial charge in [-0.15, -0.1) is 22.9 Å². The summed E-state index contributed by atoms with van der Waals surface area (Å²) < 4.78 is 31.6. The van der Waals surface area contributed by atoms with Crippen LogP contribution in [0.1, 0.15) is 4.88 Å². The molecule has 0 N–H and O–H groups in total. The molecule has 1 aromatic heterocycles. The van der Waals surface area contributed by atoms with Crippen molar-refractivity contribution >= 4 is 33.0 Å². The largest absolute Gasteiger partial charge is 0.492 e. The summed E-state index contributed by atoms with van der Waals surface area (Å²) in [6, 6.07) is 10.2. The molecular formula is C14H16ClNO3S2. The third-order valence-electron chi connectivity index (χ3n) is 2.84. The smallest absolute Gasteiger partial charge is 0.243 e. The van der Waals surface area contributed by atoms with Gasteiger partial charge in [-0.1, -0.05) is 6.07 Å². The highest BCUT2D eigenvalue weighted by atomic mass is 35.5. The van der Waals surface area contributed by atoms with Gasteiger partial charge in [-0.2, -0.15) is 4.31 Å². The van der Waals surface area contributed by atoms with Crippen molar-refractivity contribution in [1.29, 1.82) is 0 Å². The quantitative estimate of drug-likeness (QED) is 0.724. The number of nitrogens with zero attached hydrogens (tertiary/aromatic N) is 1. The molecule has 0 fully saturated rings. The zero-order chi connectivity index (χ0) is 15.3. The number of thiophene rings is 1. The highest BCUT2D eigenvalue weighted by Crippen LogP contribution is 2.21. The summed E-state index contributed by atoms with van der Waals surface area (Å²) >= 11 is 7.07. The minimum atomic E-state index is -3.49. The normalized spacial score (nSPS) is 11.8. The summed E-state index contributed by atoms with van der Waals surface area (Å²) in [5, 5.41) is 1.93. The number of hydrogen-bond donors (Lipinski definition) is 0. The molecule has 0 saturated carbocycles. The van der Waals surface area contributed by atoms with Crippen LogP contribution in [-0.4, -0.2) is 32.3 Å². The van der Waals surface area contributed by atoms with Gasteiger partial charge < -0.3 is 4.74 Å². The van der Waals surface area contributed by atoms with Gasteiger partial charge in [0.15, 0.2) is 0 Å². The molecule has 0 aliphatic rings. The van der Waals surface area contributed by atoms with Crippen LogP contribution in [0, 0.1) is 0 Å². The van der Waals surface area contributed by atoms with Gasteiger partial charge >= 0.3 is 0 Å². The Morgan fingerprint density at radius 3 is 2.52 bits per heavy atom. The lowest BCUT2D eigenvalue weighted by Gasteiger charge is -2.16. The van der Waals surface area contributed by atoms with Crippen molar-refractivity contribution in [2.45, 2.75) is 11.4 Å². The minimum Gasteiger partial charge on any atom is -0.492 e. The third kappa shape index (κ3) is 4.20. The SMILES string of the molecule is CN(Cc1cccs1)S(=O)(=O)c1ccc(OCCCl)cc1. The molecule has 1 aromatic carbocycles. The van der Waals surface area contributed by atoms with Crippen LogP contribution in [0.25, 0.3) is 0 Å². The summed E-state index contributed by atoms with van der Waals surface area (Å²) in [4.78, 5) is 1.25. The lowest BCUT2D eigenvalue weighted by Crippen LogP contribution is -2.26. The van der Waals surface area contributed by atoms with Crippen LogP contribution in [0.2, 0.25) is 0 Å². The fourth-order valence-corrected chi connectivity index (χ4v) is 3.82. The number of hydrogen-bond acceptors (Lipinski definition) is 4. The predicted molar refractivity (Wildman–Crippen MR) is 85.6 cm³/mol. The first-order valence-corrected chi connectivity index (χ1v) is 9.17. The summed E-state index contributed by atoms with van der Waals surface area (Å²) in [5.74, 6) is 0.999. The summed E-state index contributed by atoms with van der Waals surface area (Å²) in [7, 11) is -1.92. The molecule has 1 heterocycles. The van der Waals surface area contributed by atoms with Gasteiger partial charge in [0, 0.05) is 18.5 Å². The van der Waals surface area contributed by atoms with Crippen LogP contribution < -0.4 is 4.74 Å². The van der Waals surface area contributed by atoms with Crippen LogP contribution in [0.4, 0.5) is 0 Å². The lowest BCUT2D eigenvalue weighted by molar-refractivity contribution is 0.342. The first-order valence-electron chi connectivity index (χ1n) is 6.31. The number of halogens is 1. The number of ether oxygens (including phenoxy) is 1. The fourth-order valence-electron chi connectivity index (χ4n) is 1.75. The standard InChI is InChI=1S/C14H16ClNO3S2/c1-16(11-13-3-2-10-20-13)21(17,18)14-6-4-12(5-7-14)19-9-8-15/h2-7,10H,8-9,11H2,1H3. The number of benzene rings is 1. The van der Waals surface area contributed by atoms with E-state index < -0.39 is 10.0 Å². The Labute approximate surface area is 134 Å². The van der Waals surface area contributed by atoms with Crippen molar-refractivity contribution in [3.05, 3.63) is 46.7 Å². The second kappa shape index (κ2) is 7.26. The molecule has 114 valence electrons. The van der Waals surface area contributed by atoms with E-state index in [0.717, 1.165) is 4.88 Å². The first-order chi connectivity index (χ1) is 10.0. The van der Waals surface area contributed by atoms with Crippen molar-refractivity contribution < 1.29 is 13.2 Å². The van der Waals surface area contributed by atoms with Crippen molar-refractivity contribution in [2.24, 2.45) is 0 Å². The van der Waals surface area contributed by atoms with E-state index in [1.165, 1.54) is 15.6 Å². The van der Waals surface area contributed by atoms with E-state index in [-0.39, 0.29) is 4.90 Å². The van der Waals surface area contributed by atoms with E-state index in [4.69, 9.17) is 16.3 Å². The Kier molecular flexibility index (Phi) is 5.64. The fraction of sp³-hybridized carbons (Fsp3) is 0.286. The van der Waals surface area contributed by atoms with Crippen LogP contribution in [0.3, 0.4) is 0 Å². The van der Waals surface area contributed by atoms with Crippen LogP contribution >= 0.6 is 22.9 Å². The van der Waals surface area contributed by atoms with E-state index >= 15 is 0 Å². The van der Waals surface area contributed by atoms with Gasteiger partial charge in [0.2, 0.25) is 10.0 Å². The van der Waals surface area contributed by atoms with E-state index in [1.54, 1.807) is 31.3 Å². The topological polar surface area (TPSA) is 46.6 Å². The molecular weight excluding hydrogens is 330 g/mol. The summed E-state index contributed by atoms with van der Waals surface area (Å²) in [6.07, 6.45) is 0. The van der Waals surface area contributed by atoms with Crippen LogP contribution in [-0.2, 0) is 16.6 Å². The number of sulfonamides is 1. The van der Waals surface area contributed by atoms with E-state index in [0.29, 0.717) is 24.8 Å². The van der Waals surface area contributed by atoms with E-state index in [9.17, 15) is 8.42 Å². The molecule has 0 aliphatic heterocycles. The maximum Gasteiger partial charge on any atom is 0.243 e. The first kappa shape index (κ1) is 16.3. The van der Waals surface area contributed by atoms with Crippen molar-refractivity contribution in [2.75, 3.05) is 19.5 Å². The Morgan fingerprint density at radius 2 is 1.95 bits per heavy atom. The van der Waals surface area contributed by atoms with Gasteiger partial charge in [0.25, 0.3) is 0 Å². The highest BCUT2D eigenvalue weighted by Gasteiger charge is 2.21. The van der Waals surface area contributed by atoms with Crippen molar-refractivity contribution in [3.63, 3.8) is 0 Å². The van der Waals surface area contributed by atoms with Crippen LogP contribution in [0.5, 0.6) is 5.75 Å². The highest BCUT2D eigenvalue weighted by molar-refractivity contribution is 7.89. The Morgan fingerprint density at radius 1 is 1.24 bits per heavy atom. The molecule has 0 bridgehead atoms. The summed E-state index contributed by atoms with van der Waals surface area (Å²) in [5.41, 5.74) is 0. The lowest BCUT2D eigenvalue weighted by atomic mass is 10.3. The van der Waals surface area contributed by atoms with Crippen LogP contribution in [0.15, 0.2) is 46.7 Å². The Bertz CT molecular complexity index is 654. The monoisotopic (exact) mass is 345 g/mol. The minimum absolute atomic E-state index is 0.250. The van der Waals surface area contributed by atoms with Gasteiger partial charge in [0.05, 0.1) is 10.8 Å². The average Bonchev–Trinajstić information content (AvgIpc) is 2.98. The van der Waals surface area contributed by atoms with Crippen molar-refractivity contribution in [3.8, 4) is 5.75 Å². The third-order valence-corrected chi connectivity index (χ3v) is 5.67. The Hall–Kier alpha value is -1.08. The molecule has 0 unspecified atom stereocenters. The van der Waals surface area contributed by atoms with Crippen molar-refractivity contribution in [1.82, 2.24) is 4.31 Å². The molecule has 7 heteroatoms. The number of alkyl halides is 1. The molecule has 0 radical (unpaired) electrons. The molecule has 2 aromatic rings. The molecule has 0 amide bonds. The second-order valence-corrected chi connectivity index (χ2v) is 7.80. The molecule has 0 atom stereocenters. The van der Waals surface area contributed by atoms with Gasteiger partial charge in [-0.3, -0.25) is 0 Å². The summed E-state index contributed by atoms with van der Waals surface area (Å²) in [6.45, 7) is 0.760. The second-order valence-electron chi connectivity index (χ2n) is 4.35. The van der Waals surface area contributed by atoms with E-state index in [2.05, 4.69) is 0 Å². The zero-order valence-corrected chi connectivity index (χ0v) is 13.9. The average molecular weight is 346 g/mol. The molecule has 2 rings (SSSR count). The molecule has 4 nitrogen and oxygen atoms in total. The number of rotatable bonds is 7. The Balaban J connectivity index is 2.11. The van der Waals surface area contributed by atoms with Gasteiger partial charge in [-0.05, 0) is 35.7 Å². The zero-order valence-electron chi connectivity index (χ0n) is 11.5. The maximum absolute atomic E-state index is 12.5. The molecule has 0 spiro atoms. The van der Waals surface area contributed by atoms with Gasteiger partial charge in [-0.25, -0.2) is 8.42 Å². The van der Waals surface area contributed by atoms with Gasteiger partial charge in [0.1, 0.15) is 12.4 Å². The molecule has 21 heavy (non-hydrogen) atoms.